The van der Waals surface area contributed by atoms with E-state index in [2.05, 4.69) is 19.9 Å². The second kappa shape index (κ2) is 8.56. The molecule has 2 N–H and O–H groups in total. The van der Waals surface area contributed by atoms with E-state index in [0.717, 1.165) is 6.07 Å². The first-order chi connectivity index (χ1) is 14.2. The molecule has 0 radical (unpaired) electrons. The molecule has 1 amide bonds. The third kappa shape index (κ3) is 4.61. The van der Waals surface area contributed by atoms with Crippen LogP contribution in [0.15, 0.2) is 58.1 Å². The average Bonchev–Trinajstić information content (AvgIpc) is 3.13. The molecule has 0 bridgehead atoms. The first kappa shape index (κ1) is 21.3. The molecule has 3 rings (SSSR count). The molecule has 11 heteroatoms. The summed E-state index contributed by atoms with van der Waals surface area (Å²) in [6.07, 6.45) is 1.29. The van der Waals surface area contributed by atoms with Gasteiger partial charge in [0.15, 0.2) is 0 Å². The van der Waals surface area contributed by atoms with Gasteiger partial charge in [-0.15, -0.1) is 0 Å². The summed E-state index contributed by atoms with van der Waals surface area (Å²) in [4.78, 5) is 23.7. The van der Waals surface area contributed by atoms with Crippen molar-refractivity contribution in [2.45, 2.75) is 11.8 Å². The first-order valence-corrected chi connectivity index (χ1v) is 10.3. The second-order valence-electron chi connectivity index (χ2n) is 6.07. The molecule has 0 atom stereocenters. The van der Waals surface area contributed by atoms with Gasteiger partial charge in [0.1, 0.15) is 16.2 Å². The van der Waals surface area contributed by atoms with E-state index in [4.69, 9.17) is 16.1 Å². The number of carbonyl (C=O) groups is 2. The molecule has 0 saturated carbocycles. The lowest BCUT2D eigenvalue weighted by molar-refractivity contribution is 0.0600. The van der Waals surface area contributed by atoms with Gasteiger partial charge in [-0.25, -0.2) is 13.2 Å². The Bertz CT molecular complexity index is 1220. The molecule has 0 aliphatic rings. The summed E-state index contributed by atoms with van der Waals surface area (Å²) in [5.74, 6) is -0.802. The molecule has 0 unspecified atom stereocenters. The van der Waals surface area contributed by atoms with Crippen LogP contribution in [0.2, 0.25) is 5.02 Å². The molecule has 0 aliphatic carbocycles. The topological polar surface area (TPSA) is 128 Å². The number of benzene rings is 2. The number of halogens is 1. The summed E-state index contributed by atoms with van der Waals surface area (Å²) in [7, 11) is -2.95. The number of aryl methyl sites for hydroxylation is 1. The summed E-state index contributed by atoms with van der Waals surface area (Å²) in [5, 5.41) is 6.11. The number of amides is 1. The van der Waals surface area contributed by atoms with Crippen LogP contribution in [0.4, 0.5) is 11.4 Å². The zero-order valence-corrected chi connectivity index (χ0v) is 17.4. The Balaban J connectivity index is 1.84. The van der Waals surface area contributed by atoms with Crippen LogP contribution in [0.3, 0.4) is 0 Å². The van der Waals surface area contributed by atoms with Gasteiger partial charge in [-0.05, 0) is 43.3 Å². The van der Waals surface area contributed by atoms with Crippen molar-refractivity contribution >= 4 is 44.9 Å². The summed E-state index contributed by atoms with van der Waals surface area (Å²) in [5.41, 5.74) is 0.810. The number of aromatic nitrogens is 1. The normalized spacial score (nSPS) is 11.0. The Morgan fingerprint density at radius 3 is 2.53 bits per heavy atom. The van der Waals surface area contributed by atoms with E-state index in [1.165, 1.54) is 37.6 Å². The summed E-state index contributed by atoms with van der Waals surface area (Å²) >= 11 is 6.02. The van der Waals surface area contributed by atoms with E-state index in [1.807, 2.05) is 0 Å². The lowest BCUT2D eigenvalue weighted by Gasteiger charge is -2.12. The largest absolute Gasteiger partial charge is 0.465 e. The van der Waals surface area contributed by atoms with Gasteiger partial charge in [0.25, 0.3) is 15.9 Å². The van der Waals surface area contributed by atoms with E-state index >= 15 is 0 Å². The Morgan fingerprint density at radius 1 is 1.13 bits per heavy atom. The number of hydrogen-bond acceptors (Lipinski definition) is 7. The maximum Gasteiger partial charge on any atom is 0.337 e. The zero-order valence-electron chi connectivity index (χ0n) is 15.8. The Hall–Kier alpha value is -3.37. The number of methoxy groups -OCH3 is 1. The Morgan fingerprint density at radius 2 is 1.87 bits per heavy atom. The van der Waals surface area contributed by atoms with Crippen molar-refractivity contribution in [3.05, 3.63) is 70.6 Å². The number of ether oxygens (including phenoxy) is 1. The van der Waals surface area contributed by atoms with Crippen LogP contribution in [0.5, 0.6) is 0 Å². The number of anilines is 2. The van der Waals surface area contributed by atoms with E-state index < -0.39 is 21.9 Å². The molecule has 0 fully saturated rings. The Labute approximate surface area is 177 Å². The number of rotatable bonds is 6. The molecular formula is C19H16ClN3O6S. The highest BCUT2D eigenvalue weighted by atomic mass is 35.5. The van der Waals surface area contributed by atoms with Crippen molar-refractivity contribution in [2.24, 2.45) is 0 Å². The highest BCUT2D eigenvalue weighted by Gasteiger charge is 2.21. The summed E-state index contributed by atoms with van der Waals surface area (Å²) in [6, 6.07) is 9.84. The molecule has 0 saturated heterocycles. The molecule has 1 heterocycles. The number of nitrogens with zero attached hydrogens (tertiary/aromatic N) is 1. The van der Waals surface area contributed by atoms with E-state index in [-0.39, 0.29) is 26.7 Å². The molecule has 9 nitrogen and oxygen atoms in total. The minimum atomic E-state index is -4.13. The Kier molecular flexibility index (Phi) is 6.09. The van der Waals surface area contributed by atoms with Crippen molar-refractivity contribution in [1.82, 2.24) is 5.16 Å². The highest BCUT2D eigenvalue weighted by molar-refractivity contribution is 7.92. The SMILES string of the molecule is COC(=O)c1ccc(Cl)c(S(=O)(=O)Nc2cccc(NC(=O)c3cnoc3C)c2)c1. The van der Waals surface area contributed by atoms with Crippen LogP contribution in [0, 0.1) is 6.92 Å². The predicted molar refractivity (Wildman–Crippen MR) is 109 cm³/mol. The lowest BCUT2D eigenvalue weighted by atomic mass is 10.2. The van der Waals surface area contributed by atoms with Crippen LogP contribution in [-0.2, 0) is 14.8 Å². The number of carbonyl (C=O) groups excluding carboxylic acids is 2. The van der Waals surface area contributed by atoms with Crippen LogP contribution in [-0.4, -0.2) is 32.6 Å². The molecular weight excluding hydrogens is 434 g/mol. The van der Waals surface area contributed by atoms with Gasteiger partial charge >= 0.3 is 5.97 Å². The first-order valence-electron chi connectivity index (χ1n) is 8.44. The van der Waals surface area contributed by atoms with Gasteiger partial charge in [0, 0.05) is 5.69 Å². The van der Waals surface area contributed by atoms with Crippen molar-refractivity contribution in [1.29, 1.82) is 0 Å². The maximum absolute atomic E-state index is 12.8. The van der Waals surface area contributed by atoms with Gasteiger partial charge in [0.05, 0.1) is 29.6 Å². The molecule has 156 valence electrons. The van der Waals surface area contributed by atoms with Crippen LogP contribution < -0.4 is 10.0 Å². The number of sulfonamides is 1. The number of hydrogen-bond donors (Lipinski definition) is 2. The van der Waals surface area contributed by atoms with Gasteiger partial charge in [-0.3, -0.25) is 9.52 Å². The fraction of sp³-hybridized carbons (Fsp3) is 0.105. The van der Waals surface area contributed by atoms with E-state index in [1.54, 1.807) is 19.1 Å². The second-order valence-corrected chi connectivity index (χ2v) is 8.13. The highest BCUT2D eigenvalue weighted by Crippen LogP contribution is 2.26. The predicted octanol–water partition coefficient (Wildman–Crippen LogP) is 3.48. The minimum absolute atomic E-state index is 0.0346. The maximum atomic E-state index is 12.8. The average molecular weight is 450 g/mol. The third-order valence-electron chi connectivity index (χ3n) is 4.01. The van der Waals surface area contributed by atoms with Crippen LogP contribution in [0.1, 0.15) is 26.5 Å². The standard InChI is InChI=1S/C19H16ClN3O6S/c1-11-15(10-21-29-11)18(24)22-13-4-3-5-14(9-13)23-30(26,27)17-8-12(19(25)28-2)6-7-16(17)20/h3-10,23H,1-2H3,(H,22,24). The molecule has 0 spiro atoms. The van der Waals surface area contributed by atoms with Gasteiger partial charge in [0.2, 0.25) is 0 Å². The van der Waals surface area contributed by atoms with E-state index in [9.17, 15) is 18.0 Å². The van der Waals surface area contributed by atoms with Crippen molar-refractivity contribution in [2.75, 3.05) is 17.1 Å². The molecule has 30 heavy (non-hydrogen) atoms. The van der Waals surface area contributed by atoms with Gasteiger partial charge in [-0.2, -0.15) is 0 Å². The summed E-state index contributed by atoms with van der Waals surface area (Å²) < 4.78 is 37.4. The molecule has 2 aromatic carbocycles. The van der Waals surface area contributed by atoms with E-state index in [0.29, 0.717) is 11.4 Å². The summed E-state index contributed by atoms with van der Waals surface area (Å²) in [6.45, 7) is 1.60. The monoisotopic (exact) mass is 449 g/mol. The number of nitrogens with one attached hydrogen (secondary N) is 2. The quantitative estimate of drug-likeness (QED) is 0.551. The smallest absolute Gasteiger partial charge is 0.337 e. The fourth-order valence-electron chi connectivity index (χ4n) is 2.54. The lowest BCUT2D eigenvalue weighted by Crippen LogP contribution is -2.15. The van der Waals surface area contributed by atoms with Crippen LogP contribution in [0.25, 0.3) is 0 Å². The molecule has 3 aromatic rings. The molecule has 0 aliphatic heterocycles. The van der Waals surface area contributed by atoms with Crippen molar-refractivity contribution < 1.29 is 27.3 Å². The molecule has 1 aromatic heterocycles. The zero-order chi connectivity index (χ0) is 21.9. The van der Waals surface area contributed by atoms with Crippen molar-refractivity contribution in [3.8, 4) is 0 Å². The van der Waals surface area contributed by atoms with Gasteiger partial charge in [-0.1, -0.05) is 22.8 Å². The number of esters is 1. The third-order valence-corrected chi connectivity index (χ3v) is 5.87. The van der Waals surface area contributed by atoms with Gasteiger partial charge < -0.3 is 14.6 Å². The minimum Gasteiger partial charge on any atom is -0.465 e. The van der Waals surface area contributed by atoms with Crippen molar-refractivity contribution in [3.63, 3.8) is 0 Å². The van der Waals surface area contributed by atoms with Crippen LogP contribution >= 0.6 is 11.6 Å². The fourth-order valence-corrected chi connectivity index (χ4v) is 4.12.